The Morgan fingerprint density at radius 2 is 2.17 bits per heavy atom. The lowest BCUT2D eigenvalue weighted by Gasteiger charge is -2.01. The summed E-state index contributed by atoms with van der Waals surface area (Å²) in [5, 5.41) is 0. The maximum atomic E-state index is 5.00. The third-order valence-electron chi connectivity index (χ3n) is 1.38. The van der Waals surface area contributed by atoms with Crippen LogP contribution in [0.15, 0.2) is 24.3 Å². The van der Waals surface area contributed by atoms with Crippen molar-refractivity contribution in [3.63, 3.8) is 0 Å². The van der Waals surface area contributed by atoms with Crippen molar-refractivity contribution in [2.45, 2.75) is 6.61 Å². The predicted molar refractivity (Wildman–Crippen MR) is 49.2 cm³/mol. The van der Waals surface area contributed by atoms with Crippen molar-refractivity contribution >= 4 is 12.4 Å². The lowest BCUT2D eigenvalue weighted by molar-refractivity contribution is 0.124. The van der Waals surface area contributed by atoms with Gasteiger partial charge in [0.25, 0.3) is 0 Å². The van der Waals surface area contributed by atoms with E-state index in [-0.39, 0.29) is 12.4 Å². The fourth-order valence-corrected chi connectivity index (χ4v) is 0.858. The highest BCUT2D eigenvalue weighted by Gasteiger charge is 1.93. The molecule has 0 aliphatic carbocycles. The van der Waals surface area contributed by atoms with Crippen LogP contribution in [0.2, 0.25) is 0 Å². The number of rotatable bonds is 3. The molecule has 0 fully saturated rings. The van der Waals surface area contributed by atoms with Crippen LogP contribution in [-0.4, -0.2) is 7.11 Å². The van der Waals surface area contributed by atoms with Crippen LogP contribution in [0.1, 0.15) is 5.56 Å². The first-order valence-electron chi connectivity index (χ1n) is 3.31. The molecule has 0 amide bonds. The fraction of sp³-hybridized carbons (Fsp3) is 0.250. The van der Waals surface area contributed by atoms with Crippen LogP contribution in [0.3, 0.4) is 0 Å². The van der Waals surface area contributed by atoms with Crippen molar-refractivity contribution < 1.29 is 9.57 Å². The molecule has 0 radical (unpaired) electrons. The molecule has 1 aromatic carbocycles. The molecule has 0 spiro atoms. The first kappa shape index (κ1) is 11.2. The minimum atomic E-state index is 0. The molecular weight excluding hydrogens is 178 g/mol. The Hall–Kier alpha value is -0.770. The Morgan fingerprint density at radius 1 is 1.42 bits per heavy atom. The molecule has 0 heterocycles. The van der Waals surface area contributed by atoms with Gasteiger partial charge in [0.05, 0.1) is 13.7 Å². The van der Waals surface area contributed by atoms with Gasteiger partial charge in [0, 0.05) is 0 Å². The van der Waals surface area contributed by atoms with Gasteiger partial charge >= 0.3 is 0 Å². The number of ether oxygens (including phenoxy) is 1. The van der Waals surface area contributed by atoms with E-state index in [2.05, 4.69) is 4.84 Å². The van der Waals surface area contributed by atoms with Crippen LogP contribution >= 0.6 is 12.4 Å². The summed E-state index contributed by atoms with van der Waals surface area (Å²) in [5.41, 5.74) is 1.01. The van der Waals surface area contributed by atoms with Gasteiger partial charge in [-0.1, -0.05) is 12.1 Å². The van der Waals surface area contributed by atoms with Gasteiger partial charge in [0.1, 0.15) is 5.75 Å². The van der Waals surface area contributed by atoms with Crippen molar-refractivity contribution in [3.8, 4) is 5.75 Å². The standard InChI is InChI=1S/C8H11NO2.ClH/c1-10-8-4-2-3-7(5-8)6-11-9;/h2-5H,6,9H2,1H3;1H. The summed E-state index contributed by atoms with van der Waals surface area (Å²) in [6.45, 7) is 0.414. The van der Waals surface area contributed by atoms with Crippen LogP contribution in [0, 0.1) is 0 Å². The normalized spacial score (nSPS) is 8.83. The van der Waals surface area contributed by atoms with E-state index in [0.717, 1.165) is 11.3 Å². The van der Waals surface area contributed by atoms with Gasteiger partial charge in [0.15, 0.2) is 0 Å². The quantitative estimate of drug-likeness (QED) is 0.734. The summed E-state index contributed by atoms with van der Waals surface area (Å²) < 4.78 is 5.00. The van der Waals surface area contributed by atoms with Crippen molar-refractivity contribution in [2.75, 3.05) is 7.11 Å². The smallest absolute Gasteiger partial charge is 0.119 e. The Labute approximate surface area is 77.8 Å². The van der Waals surface area contributed by atoms with E-state index in [1.165, 1.54) is 0 Å². The van der Waals surface area contributed by atoms with Crippen LogP contribution in [0.5, 0.6) is 5.75 Å². The van der Waals surface area contributed by atoms with Crippen molar-refractivity contribution in [3.05, 3.63) is 29.8 Å². The van der Waals surface area contributed by atoms with Crippen LogP contribution < -0.4 is 10.6 Å². The molecule has 68 valence electrons. The van der Waals surface area contributed by atoms with E-state index in [9.17, 15) is 0 Å². The molecule has 0 aliphatic heterocycles. The van der Waals surface area contributed by atoms with E-state index in [1.807, 2.05) is 24.3 Å². The summed E-state index contributed by atoms with van der Waals surface area (Å²) >= 11 is 0. The van der Waals surface area contributed by atoms with Gasteiger partial charge < -0.3 is 4.74 Å². The van der Waals surface area contributed by atoms with Crippen LogP contribution in [-0.2, 0) is 11.4 Å². The van der Waals surface area contributed by atoms with Crippen LogP contribution in [0.4, 0.5) is 0 Å². The molecule has 0 saturated heterocycles. The SMILES string of the molecule is COc1cccc(CON)c1.Cl. The molecule has 0 aliphatic rings. The summed E-state index contributed by atoms with van der Waals surface area (Å²) in [7, 11) is 1.63. The maximum Gasteiger partial charge on any atom is 0.119 e. The van der Waals surface area contributed by atoms with Gasteiger partial charge in [0.2, 0.25) is 0 Å². The van der Waals surface area contributed by atoms with Gasteiger partial charge in [-0.2, -0.15) is 0 Å². The van der Waals surface area contributed by atoms with Crippen molar-refractivity contribution in [1.82, 2.24) is 0 Å². The van der Waals surface area contributed by atoms with E-state index in [0.29, 0.717) is 6.61 Å². The first-order valence-corrected chi connectivity index (χ1v) is 3.31. The second-order valence-electron chi connectivity index (χ2n) is 2.16. The van der Waals surface area contributed by atoms with Crippen molar-refractivity contribution in [1.29, 1.82) is 0 Å². The lowest BCUT2D eigenvalue weighted by atomic mass is 10.2. The molecule has 0 bridgehead atoms. The first-order chi connectivity index (χ1) is 5.36. The van der Waals surface area contributed by atoms with E-state index >= 15 is 0 Å². The highest BCUT2D eigenvalue weighted by molar-refractivity contribution is 5.85. The maximum absolute atomic E-state index is 5.00. The monoisotopic (exact) mass is 189 g/mol. The molecule has 0 aromatic heterocycles. The Balaban J connectivity index is 0.00000121. The third-order valence-corrected chi connectivity index (χ3v) is 1.38. The highest BCUT2D eigenvalue weighted by Crippen LogP contribution is 2.12. The molecule has 1 aromatic rings. The summed E-state index contributed by atoms with van der Waals surface area (Å²) in [5.74, 6) is 5.73. The topological polar surface area (TPSA) is 44.5 Å². The zero-order valence-electron chi connectivity index (χ0n) is 6.82. The predicted octanol–water partition coefficient (Wildman–Crippen LogP) is 1.51. The molecule has 0 atom stereocenters. The number of methoxy groups -OCH3 is 1. The zero-order chi connectivity index (χ0) is 8.10. The molecular formula is C8H12ClNO2. The third kappa shape index (κ3) is 3.09. The van der Waals surface area contributed by atoms with E-state index < -0.39 is 0 Å². The van der Waals surface area contributed by atoms with E-state index in [1.54, 1.807) is 7.11 Å². The Kier molecular flexibility index (Phi) is 5.45. The lowest BCUT2D eigenvalue weighted by Crippen LogP contribution is -1.98. The molecule has 0 unspecified atom stereocenters. The molecule has 12 heavy (non-hydrogen) atoms. The zero-order valence-corrected chi connectivity index (χ0v) is 7.64. The number of hydrogen-bond acceptors (Lipinski definition) is 3. The van der Waals surface area contributed by atoms with Gasteiger partial charge in [-0.15, -0.1) is 12.4 Å². The molecule has 3 nitrogen and oxygen atoms in total. The van der Waals surface area contributed by atoms with Gasteiger partial charge in [-0.3, -0.25) is 4.84 Å². The fourth-order valence-electron chi connectivity index (χ4n) is 0.858. The summed E-state index contributed by atoms with van der Waals surface area (Å²) in [6.07, 6.45) is 0. The van der Waals surface area contributed by atoms with Crippen LogP contribution in [0.25, 0.3) is 0 Å². The molecule has 2 N–H and O–H groups in total. The summed E-state index contributed by atoms with van der Waals surface area (Å²) in [6, 6.07) is 7.58. The molecule has 4 heteroatoms. The Bertz CT molecular complexity index is 230. The number of halogens is 1. The number of benzene rings is 1. The highest BCUT2D eigenvalue weighted by atomic mass is 35.5. The van der Waals surface area contributed by atoms with E-state index in [4.69, 9.17) is 10.6 Å². The average molecular weight is 190 g/mol. The number of nitrogens with two attached hydrogens (primary N) is 1. The largest absolute Gasteiger partial charge is 0.497 e. The minimum absolute atomic E-state index is 0. The second-order valence-corrected chi connectivity index (χ2v) is 2.16. The van der Waals surface area contributed by atoms with Crippen molar-refractivity contribution in [2.24, 2.45) is 5.90 Å². The van der Waals surface area contributed by atoms with Gasteiger partial charge in [-0.05, 0) is 17.7 Å². The Morgan fingerprint density at radius 3 is 2.75 bits per heavy atom. The number of hydrogen-bond donors (Lipinski definition) is 1. The second kappa shape index (κ2) is 5.83. The average Bonchev–Trinajstić information content (AvgIpc) is 2.06. The molecule has 1 rings (SSSR count). The van der Waals surface area contributed by atoms with Gasteiger partial charge in [-0.25, -0.2) is 5.90 Å². The minimum Gasteiger partial charge on any atom is -0.497 e. The molecule has 0 saturated carbocycles. The summed E-state index contributed by atoms with van der Waals surface area (Å²) in [4.78, 5) is 4.47.